The third-order valence-corrected chi connectivity index (χ3v) is 7.67. The number of hydrogen-bond acceptors (Lipinski definition) is 2. The first-order valence-corrected chi connectivity index (χ1v) is 8.93. The van der Waals surface area contributed by atoms with Crippen LogP contribution in [-0.2, 0) is 0 Å². The smallest absolute Gasteiger partial charge is 0.0548 e. The largest absolute Gasteiger partial charge is 0.393 e. The molecule has 0 saturated heterocycles. The van der Waals surface area contributed by atoms with Crippen molar-refractivity contribution in [2.24, 2.45) is 35.0 Å². The first-order chi connectivity index (χ1) is 9.57. The van der Waals surface area contributed by atoms with E-state index >= 15 is 0 Å². The van der Waals surface area contributed by atoms with Gasteiger partial charge in [-0.15, -0.1) is 0 Å². The minimum absolute atomic E-state index is 0.0186. The lowest BCUT2D eigenvalue weighted by Gasteiger charge is -2.55. The van der Waals surface area contributed by atoms with Crippen molar-refractivity contribution in [2.75, 3.05) is 0 Å². The molecule has 114 valence electrons. The Hall–Kier alpha value is -0.0800. The summed E-state index contributed by atoms with van der Waals surface area (Å²) in [5.41, 5.74) is 0.432. The number of aliphatic hydroxyl groups is 2. The van der Waals surface area contributed by atoms with Gasteiger partial charge in [-0.2, -0.15) is 0 Å². The van der Waals surface area contributed by atoms with Gasteiger partial charge in [-0.3, -0.25) is 0 Å². The van der Waals surface area contributed by atoms with E-state index in [2.05, 4.69) is 6.92 Å². The molecule has 0 aromatic heterocycles. The van der Waals surface area contributed by atoms with Gasteiger partial charge in [0, 0.05) is 0 Å². The van der Waals surface area contributed by atoms with Crippen LogP contribution >= 0.6 is 0 Å². The molecule has 4 saturated carbocycles. The van der Waals surface area contributed by atoms with Gasteiger partial charge >= 0.3 is 0 Å². The highest BCUT2D eigenvalue weighted by molar-refractivity contribution is 5.05. The summed E-state index contributed by atoms with van der Waals surface area (Å²) < 4.78 is 0. The minimum atomic E-state index is -0.0327. The van der Waals surface area contributed by atoms with Crippen molar-refractivity contribution < 1.29 is 10.2 Å². The van der Waals surface area contributed by atoms with Crippen molar-refractivity contribution in [1.29, 1.82) is 0 Å². The molecule has 4 rings (SSSR count). The zero-order chi connectivity index (χ0) is 13.9. The standard InChI is InChI=1S/C18H30O2/c1-18-7-6-15-14-5-3-12(19)8-11(14)2-4-16(15)17(18)9-13(20)10-18/h11-17,19-20H,2-10H2,1H3. The van der Waals surface area contributed by atoms with E-state index in [9.17, 15) is 10.2 Å². The van der Waals surface area contributed by atoms with E-state index in [1.807, 2.05) is 0 Å². The van der Waals surface area contributed by atoms with E-state index in [0.29, 0.717) is 5.41 Å². The Bertz CT molecular complexity index is 382. The van der Waals surface area contributed by atoms with Gasteiger partial charge in [0.25, 0.3) is 0 Å². The van der Waals surface area contributed by atoms with Crippen LogP contribution in [0.2, 0.25) is 0 Å². The number of hydrogen-bond donors (Lipinski definition) is 2. The second-order valence-corrected chi connectivity index (χ2v) is 8.69. The summed E-state index contributed by atoms with van der Waals surface area (Å²) in [5, 5.41) is 20.1. The maximum Gasteiger partial charge on any atom is 0.0548 e. The molecule has 0 heterocycles. The zero-order valence-electron chi connectivity index (χ0n) is 12.8. The summed E-state index contributed by atoms with van der Waals surface area (Å²) in [5.74, 6) is 4.26. The van der Waals surface area contributed by atoms with Crippen molar-refractivity contribution in [3.63, 3.8) is 0 Å². The molecule has 0 radical (unpaired) electrons. The van der Waals surface area contributed by atoms with Crippen LogP contribution in [-0.4, -0.2) is 22.4 Å². The number of aliphatic hydroxyl groups excluding tert-OH is 2. The van der Waals surface area contributed by atoms with E-state index in [-0.39, 0.29) is 12.2 Å². The molecule has 20 heavy (non-hydrogen) atoms. The zero-order valence-corrected chi connectivity index (χ0v) is 12.8. The highest BCUT2D eigenvalue weighted by Gasteiger charge is 2.55. The average Bonchev–Trinajstić information content (AvgIpc) is 2.72. The summed E-state index contributed by atoms with van der Waals surface area (Å²) in [7, 11) is 0. The summed E-state index contributed by atoms with van der Waals surface area (Å²) in [6, 6.07) is 0. The van der Waals surface area contributed by atoms with Crippen LogP contribution in [0.3, 0.4) is 0 Å². The quantitative estimate of drug-likeness (QED) is 0.713. The average molecular weight is 278 g/mol. The van der Waals surface area contributed by atoms with Gasteiger partial charge in [0.05, 0.1) is 12.2 Å². The molecule has 0 bridgehead atoms. The second kappa shape index (κ2) is 4.71. The highest BCUT2D eigenvalue weighted by atomic mass is 16.3. The van der Waals surface area contributed by atoms with Crippen LogP contribution < -0.4 is 0 Å². The van der Waals surface area contributed by atoms with Crippen LogP contribution in [0.4, 0.5) is 0 Å². The van der Waals surface area contributed by atoms with Crippen molar-refractivity contribution in [3.8, 4) is 0 Å². The Balaban J connectivity index is 1.56. The topological polar surface area (TPSA) is 40.5 Å². The van der Waals surface area contributed by atoms with Crippen LogP contribution in [0, 0.1) is 35.0 Å². The Morgan fingerprint density at radius 3 is 2.45 bits per heavy atom. The van der Waals surface area contributed by atoms with Crippen molar-refractivity contribution >= 4 is 0 Å². The fraction of sp³-hybridized carbons (Fsp3) is 1.00. The fourth-order valence-electron chi connectivity index (χ4n) is 6.85. The first-order valence-electron chi connectivity index (χ1n) is 8.93. The molecule has 4 fully saturated rings. The Kier molecular flexibility index (Phi) is 3.20. The molecular formula is C18H30O2. The Morgan fingerprint density at radius 2 is 1.60 bits per heavy atom. The normalized spacial score (nSPS) is 58.6. The van der Waals surface area contributed by atoms with E-state index in [1.165, 1.54) is 32.1 Å². The number of fused-ring (bicyclic) bond motifs is 5. The van der Waals surface area contributed by atoms with Crippen LogP contribution in [0.1, 0.15) is 64.7 Å². The van der Waals surface area contributed by atoms with Gasteiger partial charge in [-0.25, -0.2) is 0 Å². The monoisotopic (exact) mass is 278 g/mol. The summed E-state index contributed by atoms with van der Waals surface area (Å²) >= 11 is 0. The summed E-state index contributed by atoms with van der Waals surface area (Å²) in [6.07, 6.45) is 10.9. The van der Waals surface area contributed by atoms with Gasteiger partial charge in [-0.1, -0.05) is 6.92 Å². The van der Waals surface area contributed by atoms with Crippen LogP contribution in [0.5, 0.6) is 0 Å². The minimum Gasteiger partial charge on any atom is -0.393 e. The van der Waals surface area contributed by atoms with Gasteiger partial charge in [-0.05, 0) is 92.8 Å². The summed E-state index contributed by atoms with van der Waals surface area (Å²) in [6.45, 7) is 2.45. The molecule has 4 aliphatic carbocycles. The van der Waals surface area contributed by atoms with E-state index < -0.39 is 0 Å². The molecule has 2 N–H and O–H groups in total. The second-order valence-electron chi connectivity index (χ2n) is 8.69. The van der Waals surface area contributed by atoms with Gasteiger partial charge in [0.15, 0.2) is 0 Å². The maximum atomic E-state index is 10.1. The SMILES string of the molecule is CC12CCC3C4CCC(O)CC4CCC3C1CC(O)C2. The maximum absolute atomic E-state index is 10.1. The lowest BCUT2D eigenvalue weighted by Crippen LogP contribution is -2.47. The van der Waals surface area contributed by atoms with Crippen molar-refractivity contribution in [3.05, 3.63) is 0 Å². The fourth-order valence-corrected chi connectivity index (χ4v) is 6.85. The molecule has 0 aromatic carbocycles. The summed E-state index contributed by atoms with van der Waals surface area (Å²) in [4.78, 5) is 0. The molecule has 8 atom stereocenters. The first kappa shape index (κ1) is 13.6. The van der Waals surface area contributed by atoms with Gasteiger partial charge in [0.1, 0.15) is 0 Å². The Morgan fingerprint density at radius 1 is 0.800 bits per heavy atom. The Labute approximate surface area is 123 Å². The van der Waals surface area contributed by atoms with E-state index in [4.69, 9.17) is 0 Å². The molecule has 2 nitrogen and oxygen atoms in total. The van der Waals surface area contributed by atoms with Crippen LogP contribution in [0.15, 0.2) is 0 Å². The lowest BCUT2D eigenvalue weighted by molar-refractivity contribution is -0.0676. The molecule has 0 aliphatic heterocycles. The molecule has 0 aromatic rings. The van der Waals surface area contributed by atoms with Crippen molar-refractivity contribution in [2.45, 2.75) is 76.9 Å². The van der Waals surface area contributed by atoms with Crippen LogP contribution in [0.25, 0.3) is 0 Å². The molecule has 2 heteroatoms. The third-order valence-electron chi connectivity index (χ3n) is 7.67. The van der Waals surface area contributed by atoms with E-state index in [0.717, 1.165) is 55.3 Å². The van der Waals surface area contributed by atoms with E-state index in [1.54, 1.807) is 0 Å². The lowest BCUT2D eigenvalue weighted by atomic mass is 9.50. The third kappa shape index (κ3) is 1.98. The number of rotatable bonds is 0. The predicted octanol–water partition coefficient (Wildman–Crippen LogP) is 3.36. The highest BCUT2D eigenvalue weighted by Crippen LogP contribution is 2.62. The molecular weight excluding hydrogens is 248 g/mol. The molecule has 0 spiro atoms. The molecule has 8 unspecified atom stereocenters. The van der Waals surface area contributed by atoms with Gasteiger partial charge in [0.2, 0.25) is 0 Å². The molecule has 4 aliphatic rings. The van der Waals surface area contributed by atoms with Gasteiger partial charge < -0.3 is 10.2 Å². The molecule has 0 amide bonds. The predicted molar refractivity (Wildman–Crippen MR) is 79.1 cm³/mol. The van der Waals surface area contributed by atoms with Crippen molar-refractivity contribution in [1.82, 2.24) is 0 Å².